The third kappa shape index (κ3) is 2.09. The number of hydrogen-bond acceptors (Lipinski definition) is 0. The number of hydrogen-bond donors (Lipinski definition) is 0. The first-order chi connectivity index (χ1) is 6.34. The highest BCUT2D eigenvalue weighted by Gasteiger charge is 2.00. The van der Waals surface area contributed by atoms with Crippen LogP contribution in [-0.2, 0) is 6.42 Å². The molecule has 66 valence electrons. The van der Waals surface area contributed by atoms with Crippen molar-refractivity contribution in [2.45, 2.75) is 19.8 Å². The van der Waals surface area contributed by atoms with E-state index in [2.05, 4.69) is 49.4 Å². The van der Waals surface area contributed by atoms with Crippen LogP contribution < -0.4 is 0 Å². The molecule has 1 aromatic carbocycles. The van der Waals surface area contributed by atoms with Crippen molar-refractivity contribution in [3.63, 3.8) is 0 Å². The fraction of sp³-hybridized carbons (Fsp3) is 0.231. The Kier molecular flexibility index (Phi) is 2.31. The van der Waals surface area contributed by atoms with Gasteiger partial charge < -0.3 is 0 Å². The summed E-state index contributed by atoms with van der Waals surface area (Å²) in [5.74, 6) is 0. The molecule has 0 aromatic heterocycles. The first-order valence-corrected chi connectivity index (χ1v) is 4.75. The van der Waals surface area contributed by atoms with Crippen LogP contribution in [0.5, 0.6) is 0 Å². The van der Waals surface area contributed by atoms with Crippen LogP contribution in [0.25, 0.3) is 0 Å². The van der Waals surface area contributed by atoms with E-state index < -0.39 is 0 Å². The zero-order chi connectivity index (χ0) is 9.10. The Hall–Kier alpha value is -1.30. The second-order valence-electron chi connectivity index (χ2n) is 3.62. The standard InChI is InChI=1S/C13H14/c1-11-5-4-8-13(9-11)10-12-6-2-3-7-12/h2-6,8-9H,7,10H2,1H3. The molecule has 0 heterocycles. The summed E-state index contributed by atoms with van der Waals surface area (Å²) >= 11 is 0. The monoisotopic (exact) mass is 170 g/mol. The minimum Gasteiger partial charge on any atom is -0.0804 e. The Bertz CT molecular complexity index is 356. The van der Waals surface area contributed by atoms with Gasteiger partial charge in [-0.1, -0.05) is 53.6 Å². The molecule has 0 bridgehead atoms. The number of allylic oxidation sites excluding steroid dienone is 4. The molecule has 0 radical (unpaired) electrons. The van der Waals surface area contributed by atoms with Gasteiger partial charge in [0.2, 0.25) is 0 Å². The van der Waals surface area contributed by atoms with E-state index in [4.69, 9.17) is 0 Å². The Morgan fingerprint density at radius 2 is 2.23 bits per heavy atom. The number of benzene rings is 1. The zero-order valence-corrected chi connectivity index (χ0v) is 7.96. The van der Waals surface area contributed by atoms with Crippen LogP contribution in [0.2, 0.25) is 0 Å². The summed E-state index contributed by atoms with van der Waals surface area (Å²) in [6.45, 7) is 2.14. The van der Waals surface area contributed by atoms with E-state index >= 15 is 0 Å². The Morgan fingerprint density at radius 1 is 1.31 bits per heavy atom. The molecule has 0 atom stereocenters. The highest BCUT2D eigenvalue weighted by molar-refractivity contribution is 5.31. The minimum atomic E-state index is 1.11. The molecule has 0 saturated carbocycles. The molecule has 0 amide bonds. The van der Waals surface area contributed by atoms with Crippen molar-refractivity contribution in [2.24, 2.45) is 0 Å². The van der Waals surface area contributed by atoms with E-state index in [0.29, 0.717) is 0 Å². The van der Waals surface area contributed by atoms with Crippen molar-refractivity contribution in [2.75, 3.05) is 0 Å². The van der Waals surface area contributed by atoms with E-state index in [-0.39, 0.29) is 0 Å². The van der Waals surface area contributed by atoms with E-state index in [1.807, 2.05) is 0 Å². The van der Waals surface area contributed by atoms with Gasteiger partial charge in [-0.2, -0.15) is 0 Å². The van der Waals surface area contributed by atoms with Crippen molar-refractivity contribution in [1.29, 1.82) is 0 Å². The average molecular weight is 170 g/mol. The molecule has 0 N–H and O–H groups in total. The highest BCUT2D eigenvalue weighted by Crippen LogP contribution is 2.16. The molecule has 0 saturated heterocycles. The van der Waals surface area contributed by atoms with Crippen LogP contribution in [0.3, 0.4) is 0 Å². The highest BCUT2D eigenvalue weighted by atomic mass is 14.1. The summed E-state index contributed by atoms with van der Waals surface area (Å²) < 4.78 is 0. The summed E-state index contributed by atoms with van der Waals surface area (Å²) in [7, 11) is 0. The number of aryl methyl sites for hydroxylation is 1. The van der Waals surface area contributed by atoms with Crippen molar-refractivity contribution in [3.05, 3.63) is 59.2 Å². The van der Waals surface area contributed by atoms with Gasteiger partial charge in [-0.15, -0.1) is 0 Å². The van der Waals surface area contributed by atoms with Crippen molar-refractivity contribution >= 4 is 0 Å². The van der Waals surface area contributed by atoms with Gasteiger partial charge in [0.25, 0.3) is 0 Å². The zero-order valence-electron chi connectivity index (χ0n) is 7.96. The Morgan fingerprint density at radius 3 is 2.92 bits per heavy atom. The molecule has 0 spiro atoms. The maximum absolute atomic E-state index is 2.26. The SMILES string of the molecule is Cc1cccc(CC2=CC=CC2)c1. The summed E-state index contributed by atoms with van der Waals surface area (Å²) in [6, 6.07) is 8.74. The third-order valence-electron chi connectivity index (χ3n) is 2.36. The van der Waals surface area contributed by atoms with Gasteiger partial charge in [0.1, 0.15) is 0 Å². The van der Waals surface area contributed by atoms with Gasteiger partial charge in [0.15, 0.2) is 0 Å². The van der Waals surface area contributed by atoms with Gasteiger partial charge in [-0.3, -0.25) is 0 Å². The van der Waals surface area contributed by atoms with Crippen molar-refractivity contribution in [1.82, 2.24) is 0 Å². The lowest BCUT2D eigenvalue weighted by molar-refractivity contribution is 1.08. The molecule has 1 aliphatic carbocycles. The van der Waals surface area contributed by atoms with Gasteiger partial charge in [-0.05, 0) is 25.3 Å². The summed E-state index contributed by atoms with van der Waals surface area (Å²) in [5, 5.41) is 0. The molecule has 0 unspecified atom stereocenters. The molecule has 2 rings (SSSR count). The Balaban J connectivity index is 2.10. The molecule has 0 aliphatic heterocycles. The lowest BCUT2D eigenvalue weighted by atomic mass is 10.0. The molecular formula is C13H14. The second-order valence-corrected chi connectivity index (χ2v) is 3.62. The topological polar surface area (TPSA) is 0 Å². The lowest BCUT2D eigenvalue weighted by Gasteiger charge is -2.02. The molecule has 0 heteroatoms. The quantitative estimate of drug-likeness (QED) is 0.638. The molecule has 0 nitrogen and oxygen atoms in total. The smallest absolute Gasteiger partial charge is 0.00608 e. The third-order valence-corrected chi connectivity index (χ3v) is 2.36. The first kappa shape index (κ1) is 8.31. The molecule has 0 fully saturated rings. The van der Waals surface area contributed by atoms with Crippen LogP contribution >= 0.6 is 0 Å². The van der Waals surface area contributed by atoms with Crippen LogP contribution in [0.1, 0.15) is 17.5 Å². The fourth-order valence-corrected chi connectivity index (χ4v) is 1.71. The van der Waals surface area contributed by atoms with Gasteiger partial charge in [0, 0.05) is 0 Å². The van der Waals surface area contributed by atoms with Crippen LogP contribution in [0.15, 0.2) is 48.1 Å². The number of rotatable bonds is 2. The Labute approximate surface area is 79.6 Å². The maximum Gasteiger partial charge on any atom is -0.00608 e. The second kappa shape index (κ2) is 3.61. The first-order valence-electron chi connectivity index (χ1n) is 4.75. The maximum atomic E-state index is 2.26. The predicted molar refractivity (Wildman–Crippen MR) is 56.7 cm³/mol. The van der Waals surface area contributed by atoms with Gasteiger partial charge in [-0.25, -0.2) is 0 Å². The summed E-state index contributed by atoms with van der Waals surface area (Å²) in [5.41, 5.74) is 4.30. The van der Waals surface area contributed by atoms with Crippen LogP contribution in [0.4, 0.5) is 0 Å². The van der Waals surface area contributed by atoms with Crippen molar-refractivity contribution in [3.8, 4) is 0 Å². The van der Waals surface area contributed by atoms with Crippen LogP contribution in [0, 0.1) is 6.92 Å². The molecule has 1 aliphatic rings. The molecule has 13 heavy (non-hydrogen) atoms. The molecule has 1 aromatic rings. The lowest BCUT2D eigenvalue weighted by Crippen LogP contribution is -1.88. The largest absolute Gasteiger partial charge is 0.0804 e. The predicted octanol–water partition coefficient (Wildman–Crippen LogP) is 3.42. The normalized spacial score (nSPS) is 14.7. The van der Waals surface area contributed by atoms with E-state index in [0.717, 1.165) is 12.8 Å². The van der Waals surface area contributed by atoms with Crippen molar-refractivity contribution < 1.29 is 0 Å². The average Bonchev–Trinajstić information content (AvgIpc) is 2.57. The molecular weight excluding hydrogens is 156 g/mol. The van der Waals surface area contributed by atoms with Gasteiger partial charge in [0.05, 0.1) is 0 Å². The summed E-state index contributed by atoms with van der Waals surface area (Å²) in [4.78, 5) is 0. The van der Waals surface area contributed by atoms with E-state index in [1.165, 1.54) is 16.7 Å². The van der Waals surface area contributed by atoms with E-state index in [1.54, 1.807) is 0 Å². The minimum absolute atomic E-state index is 1.11. The van der Waals surface area contributed by atoms with Gasteiger partial charge >= 0.3 is 0 Å². The van der Waals surface area contributed by atoms with E-state index in [9.17, 15) is 0 Å². The summed E-state index contributed by atoms with van der Waals surface area (Å²) in [6.07, 6.45) is 8.82. The van der Waals surface area contributed by atoms with Crippen LogP contribution in [-0.4, -0.2) is 0 Å². The fourth-order valence-electron chi connectivity index (χ4n) is 1.71.